The van der Waals surface area contributed by atoms with Crippen LogP contribution in [0.25, 0.3) is 0 Å². The molecule has 17 heavy (non-hydrogen) atoms. The van der Waals surface area contributed by atoms with Crippen molar-refractivity contribution < 1.29 is 9.90 Å². The Kier molecular flexibility index (Phi) is 4.12. The van der Waals surface area contributed by atoms with Crippen molar-refractivity contribution in [1.29, 1.82) is 0 Å². The first kappa shape index (κ1) is 12.5. The molecule has 0 saturated carbocycles. The van der Waals surface area contributed by atoms with Gasteiger partial charge in [0, 0.05) is 29.5 Å². The van der Waals surface area contributed by atoms with E-state index >= 15 is 0 Å². The molecule has 0 spiro atoms. The predicted octanol–water partition coefficient (Wildman–Crippen LogP) is 1.37. The summed E-state index contributed by atoms with van der Waals surface area (Å²) >= 11 is 3.31. The van der Waals surface area contributed by atoms with Crippen LogP contribution in [0.4, 0.5) is 0 Å². The summed E-state index contributed by atoms with van der Waals surface area (Å²) in [7, 11) is 0. The van der Waals surface area contributed by atoms with Gasteiger partial charge in [-0.25, -0.2) is 0 Å². The summed E-state index contributed by atoms with van der Waals surface area (Å²) in [6.07, 6.45) is 3.29. The summed E-state index contributed by atoms with van der Waals surface area (Å²) in [6, 6.07) is 3.71. The van der Waals surface area contributed by atoms with Gasteiger partial charge in [0.15, 0.2) is 0 Å². The maximum Gasteiger partial charge on any atom is 0.228 e. The van der Waals surface area contributed by atoms with Crippen LogP contribution in [0.15, 0.2) is 22.8 Å². The molecule has 2 rings (SSSR count). The minimum absolute atomic E-state index is 0.0403. The summed E-state index contributed by atoms with van der Waals surface area (Å²) in [5.74, 6) is 0.0403. The molecular formula is C12H15BrN2O2. The van der Waals surface area contributed by atoms with Crippen LogP contribution < -0.4 is 0 Å². The number of aliphatic hydroxyl groups is 1. The van der Waals surface area contributed by atoms with E-state index in [0.29, 0.717) is 13.0 Å². The first-order chi connectivity index (χ1) is 8.15. The van der Waals surface area contributed by atoms with Crippen molar-refractivity contribution in [3.8, 4) is 0 Å². The van der Waals surface area contributed by atoms with E-state index < -0.39 is 0 Å². The molecule has 1 aliphatic heterocycles. The first-order valence-electron chi connectivity index (χ1n) is 5.71. The van der Waals surface area contributed by atoms with Crippen molar-refractivity contribution in [1.82, 2.24) is 9.88 Å². The monoisotopic (exact) mass is 298 g/mol. The number of rotatable bonds is 2. The molecule has 1 fully saturated rings. The molecule has 1 amide bonds. The van der Waals surface area contributed by atoms with Crippen LogP contribution in [-0.2, 0) is 11.2 Å². The number of hydrogen-bond donors (Lipinski definition) is 1. The molecule has 1 atom stereocenters. The number of amides is 1. The van der Waals surface area contributed by atoms with Gasteiger partial charge in [-0.3, -0.25) is 9.78 Å². The van der Waals surface area contributed by atoms with E-state index in [0.717, 1.165) is 29.6 Å². The molecule has 92 valence electrons. The number of likely N-dealkylation sites (tertiary alicyclic amines) is 1. The highest BCUT2D eigenvalue weighted by atomic mass is 79.9. The van der Waals surface area contributed by atoms with E-state index in [4.69, 9.17) is 0 Å². The lowest BCUT2D eigenvalue weighted by molar-refractivity contribution is -0.133. The zero-order chi connectivity index (χ0) is 12.3. The maximum absolute atomic E-state index is 12.0. The molecule has 1 saturated heterocycles. The van der Waals surface area contributed by atoms with E-state index in [1.165, 1.54) is 0 Å². The first-order valence-corrected chi connectivity index (χ1v) is 6.51. The van der Waals surface area contributed by atoms with E-state index in [2.05, 4.69) is 20.9 Å². The van der Waals surface area contributed by atoms with Crippen LogP contribution in [0.2, 0.25) is 0 Å². The van der Waals surface area contributed by atoms with Crippen LogP contribution >= 0.6 is 15.9 Å². The molecular weight excluding hydrogens is 284 g/mol. The summed E-state index contributed by atoms with van der Waals surface area (Å²) in [4.78, 5) is 17.9. The average molecular weight is 299 g/mol. The van der Waals surface area contributed by atoms with E-state index in [1.54, 1.807) is 11.1 Å². The van der Waals surface area contributed by atoms with Crippen molar-refractivity contribution in [2.45, 2.75) is 25.4 Å². The van der Waals surface area contributed by atoms with Gasteiger partial charge in [0.2, 0.25) is 5.91 Å². The average Bonchev–Trinajstić information content (AvgIpc) is 2.32. The number of halogens is 1. The third-order valence-electron chi connectivity index (χ3n) is 2.87. The Morgan fingerprint density at radius 1 is 1.59 bits per heavy atom. The van der Waals surface area contributed by atoms with Gasteiger partial charge in [-0.15, -0.1) is 0 Å². The lowest BCUT2D eigenvalue weighted by Crippen LogP contribution is -2.42. The quantitative estimate of drug-likeness (QED) is 0.897. The highest BCUT2D eigenvalue weighted by Gasteiger charge is 2.22. The highest BCUT2D eigenvalue weighted by molar-refractivity contribution is 9.10. The predicted molar refractivity (Wildman–Crippen MR) is 67.5 cm³/mol. The number of nitrogens with zero attached hydrogens (tertiary/aromatic N) is 2. The normalized spacial score (nSPS) is 20.4. The van der Waals surface area contributed by atoms with Gasteiger partial charge in [0.1, 0.15) is 0 Å². The molecule has 0 bridgehead atoms. The highest BCUT2D eigenvalue weighted by Crippen LogP contribution is 2.12. The number of piperidine rings is 1. The molecule has 0 aliphatic carbocycles. The molecule has 0 radical (unpaired) electrons. The summed E-state index contributed by atoms with van der Waals surface area (Å²) in [6.45, 7) is 1.20. The van der Waals surface area contributed by atoms with E-state index in [-0.39, 0.29) is 12.0 Å². The molecule has 0 aromatic carbocycles. The lowest BCUT2D eigenvalue weighted by atomic mass is 10.1. The van der Waals surface area contributed by atoms with Crippen LogP contribution in [0.3, 0.4) is 0 Å². The van der Waals surface area contributed by atoms with Gasteiger partial charge in [-0.2, -0.15) is 0 Å². The Bertz CT molecular complexity index is 394. The number of pyridine rings is 1. The Hall–Kier alpha value is -0.940. The third kappa shape index (κ3) is 3.51. The molecule has 1 aromatic heterocycles. The van der Waals surface area contributed by atoms with Crippen molar-refractivity contribution in [2.24, 2.45) is 0 Å². The summed E-state index contributed by atoms with van der Waals surface area (Å²) in [5.41, 5.74) is 0.762. The lowest BCUT2D eigenvalue weighted by Gasteiger charge is -2.30. The second kappa shape index (κ2) is 5.60. The Morgan fingerprint density at radius 2 is 2.41 bits per heavy atom. The largest absolute Gasteiger partial charge is 0.391 e. The van der Waals surface area contributed by atoms with Crippen LogP contribution in [0.1, 0.15) is 18.5 Å². The van der Waals surface area contributed by atoms with Gasteiger partial charge < -0.3 is 10.0 Å². The summed E-state index contributed by atoms with van der Waals surface area (Å²) < 4.78 is 0.905. The molecule has 2 heterocycles. The fourth-order valence-electron chi connectivity index (χ4n) is 1.96. The number of aromatic nitrogens is 1. The second-order valence-corrected chi connectivity index (χ2v) is 5.20. The molecule has 0 unspecified atom stereocenters. The third-order valence-corrected chi connectivity index (χ3v) is 3.34. The van der Waals surface area contributed by atoms with Crippen molar-refractivity contribution >= 4 is 21.8 Å². The number of aliphatic hydroxyl groups excluding tert-OH is 1. The van der Waals surface area contributed by atoms with Crippen molar-refractivity contribution in [3.63, 3.8) is 0 Å². The fourth-order valence-corrected chi connectivity index (χ4v) is 2.19. The standard InChI is InChI=1S/C12H15BrN2O2/c13-9-3-4-10(14-7-9)6-12(17)15-5-1-2-11(16)8-15/h3-4,7,11,16H,1-2,5-6,8H2/t11-/m1/s1. The number of β-amino-alcohol motifs (C(OH)–C–C–N with tert-alkyl or cyclic N) is 1. The van der Waals surface area contributed by atoms with Crippen molar-refractivity contribution in [3.05, 3.63) is 28.5 Å². The number of hydrogen-bond acceptors (Lipinski definition) is 3. The van der Waals surface area contributed by atoms with Crippen LogP contribution in [0.5, 0.6) is 0 Å². The minimum Gasteiger partial charge on any atom is -0.391 e. The Labute approximate surface area is 109 Å². The van der Waals surface area contributed by atoms with Gasteiger partial charge >= 0.3 is 0 Å². The van der Waals surface area contributed by atoms with Gasteiger partial charge in [-0.05, 0) is 40.9 Å². The molecule has 1 N–H and O–H groups in total. The molecule has 1 aromatic rings. The van der Waals surface area contributed by atoms with E-state index in [1.807, 2.05) is 12.1 Å². The molecule has 1 aliphatic rings. The minimum atomic E-state index is -0.370. The SMILES string of the molecule is O=C(Cc1ccc(Br)cn1)N1CCC[C@@H](O)C1. The van der Waals surface area contributed by atoms with Gasteiger partial charge in [0.05, 0.1) is 12.5 Å². The zero-order valence-corrected chi connectivity index (χ0v) is 11.1. The maximum atomic E-state index is 12.0. The Balaban J connectivity index is 1.94. The number of carbonyl (C=O) groups excluding carboxylic acids is 1. The van der Waals surface area contributed by atoms with Crippen molar-refractivity contribution in [2.75, 3.05) is 13.1 Å². The smallest absolute Gasteiger partial charge is 0.228 e. The van der Waals surface area contributed by atoms with Gasteiger partial charge in [-0.1, -0.05) is 0 Å². The van der Waals surface area contributed by atoms with Crippen LogP contribution in [-0.4, -0.2) is 40.1 Å². The number of carbonyl (C=O) groups is 1. The second-order valence-electron chi connectivity index (χ2n) is 4.28. The van der Waals surface area contributed by atoms with Gasteiger partial charge in [0.25, 0.3) is 0 Å². The van der Waals surface area contributed by atoms with E-state index in [9.17, 15) is 9.90 Å². The Morgan fingerprint density at radius 3 is 3.06 bits per heavy atom. The topological polar surface area (TPSA) is 53.4 Å². The zero-order valence-electron chi connectivity index (χ0n) is 9.47. The molecule has 4 nitrogen and oxygen atoms in total. The molecule has 5 heteroatoms. The fraction of sp³-hybridized carbons (Fsp3) is 0.500. The summed E-state index contributed by atoms with van der Waals surface area (Å²) in [5, 5.41) is 9.52. The van der Waals surface area contributed by atoms with Crippen LogP contribution in [0, 0.1) is 0 Å².